The molecule has 1 amide bonds. The first-order valence-electron chi connectivity index (χ1n) is 7.13. The number of rotatable bonds is 5. The van der Waals surface area contributed by atoms with Gasteiger partial charge in [0, 0.05) is 25.6 Å². The molecular formula is C14H28N2O2. The Morgan fingerprint density at radius 2 is 2.11 bits per heavy atom. The Balaban J connectivity index is 2.52. The van der Waals surface area contributed by atoms with E-state index in [4.69, 9.17) is 5.73 Å². The summed E-state index contributed by atoms with van der Waals surface area (Å²) in [6, 6.07) is 0.0592. The Morgan fingerprint density at radius 1 is 1.44 bits per heavy atom. The van der Waals surface area contributed by atoms with E-state index in [9.17, 15) is 9.90 Å². The number of carbonyl (C=O) groups is 1. The number of hydrogen-bond donors (Lipinski definition) is 2. The summed E-state index contributed by atoms with van der Waals surface area (Å²) in [4.78, 5) is 14.0. The van der Waals surface area contributed by atoms with Crippen LogP contribution >= 0.6 is 0 Å². The molecule has 4 nitrogen and oxygen atoms in total. The maximum Gasteiger partial charge on any atom is 0.222 e. The van der Waals surface area contributed by atoms with Gasteiger partial charge in [0.2, 0.25) is 5.91 Å². The van der Waals surface area contributed by atoms with Crippen molar-refractivity contribution in [1.82, 2.24) is 4.90 Å². The van der Waals surface area contributed by atoms with Crippen molar-refractivity contribution in [3.63, 3.8) is 0 Å². The van der Waals surface area contributed by atoms with Crippen molar-refractivity contribution in [2.75, 3.05) is 13.1 Å². The van der Waals surface area contributed by atoms with Crippen molar-refractivity contribution < 1.29 is 9.90 Å². The summed E-state index contributed by atoms with van der Waals surface area (Å²) in [5.74, 6) is 0.936. The van der Waals surface area contributed by atoms with Gasteiger partial charge in [-0.15, -0.1) is 0 Å². The molecule has 1 saturated heterocycles. The van der Waals surface area contributed by atoms with E-state index in [0.717, 1.165) is 25.8 Å². The average Bonchev–Trinajstić information content (AvgIpc) is 2.27. The lowest BCUT2D eigenvalue weighted by atomic mass is 9.89. The van der Waals surface area contributed by atoms with Crippen molar-refractivity contribution in [3.8, 4) is 0 Å². The maximum absolute atomic E-state index is 12.1. The van der Waals surface area contributed by atoms with Crippen molar-refractivity contribution >= 4 is 5.91 Å². The van der Waals surface area contributed by atoms with Gasteiger partial charge in [0.1, 0.15) is 0 Å². The molecule has 106 valence electrons. The van der Waals surface area contributed by atoms with E-state index in [2.05, 4.69) is 13.8 Å². The van der Waals surface area contributed by atoms with Crippen LogP contribution in [0.15, 0.2) is 0 Å². The minimum atomic E-state index is -0.262. The van der Waals surface area contributed by atoms with Crippen LogP contribution in [0.4, 0.5) is 0 Å². The zero-order valence-corrected chi connectivity index (χ0v) is 11.9. The third-order valence-corrected chi connectivity index (χ3v) is 3.58. The summed E-state index contributed by atoms with van der Waals surface area (Å²) < 4.78 is 0. The van der Waals surface area contributed by atoms with E-state index in [1.165, 1.54) is 0 Å². The van der Waals surface area contributed by atoms with Gasteiger partial charge in [-0.3, -0.25) is 4.79 Å². The Hall–Kier alpha value is -0.610. The second kappa shape index (κ2) is 7.10. The minimum absolute atomic E-state index is 0.0592. The Bertz CT molecular complexity index is 269. The van der Waals surface area contributed by atoms with Crippen molar-refractivity contribution in [2.45, 2.75) is 58.6 Å². The number of nitrogens with two attached hydrogens (primary N) is 1. The van der Waals surface area contributed by atoms with Crippen molar-refractivity contribution in [3.05, 3.63) is 0 Å². The van der Waals surface area contributed by atoms with Crippen LogP contribution < -0.4 is 5.73 Å². The highest BCUT2D eigenvalue weighted by molar-refractivity contribution is 5.76. The van der Waals surface area contributed by atoms with Crippen LogP contribution in [-0.2, 0) is 4.79 Å². The molecule has 0 aliphatic carbocycles. The molecule has 3 N–H and O–H groups in total. The number of aliphatic hydroxyl groups excluding tert-OH is 1. The SMILES string of the molecule is CCC(O)CC1CC(N)CN(C(=O)CC(C)C)C1. The van der Waals surface area contributed by atoms with Gasteiger partial charge in [0.15, 0.2) is 0 Å². The van der Waals surface area contributed by atoms with E-state index in [-0.39, 0.29) is 18.1 Å². The van der Waals surface area contributed by atoms with Gasteiger partial charge in [0.25, 0.3) is 0 Å². The fraction of sp³-hybridized carbons (Fsp3) is 0.929. The quantitative estimate of drug-likeness (QED) is 0.780. The van der Waals surface area contributed by atoms with Crippen LogP contribution in [0.3, 0.4) is 0 Å². The molecular weight excluding hydrogens is 228 g/mol. The third-order valence-electron chi connectivity index (χ3n) is 3.58. The first kappa shape index (κ1) is 15.4. The van der Waals surface area contributed by atoms with Gasteiger partial charge in [-0.1, -0.05) is 20.8 Å². The fourth-order valence-electron chi connectivity index (χ4n) is 2.65. The molecule has 0 aromatic carbocycles. The van der Waals surface area contributed by atoms with Gasteiger partial charge in [0.05, 0.1) is 6.10 Å². The Labute approximate surface area is 111 Å². The Kier molecular flexibility index (Phi) is 6.09. The molecule has 0 bridgehead atoms. The number of piperidine rings is 1. The highest BCUT2D eigenvalue weighted by atomic mass is 16.3. The molecule has 0 saturated carbocycles. The molecule has 1 heterocycles. The largest absolute Gasteiger partial charge is 0.393 e. The number of carbonyl (C=O) groups excluding carboxylic acids is 1. The number of likely N-dealkylation sites (tertiary alicyclic amines) is 1. The summed E-state index contributed by atoms with van der Waals surface area (Å²) in [5.41, 5.74) is 6.03. The molecule has 0 aromatic rings. The molecule has 1 aliphatic rings. The standard InChI is InChI=1S/C14H28N2O2/c1-4-13(17)7-11-6-12(15)9-16(8-11)14(18)5-10(2)3/h10-13,17H,4-9,15H2,1-3H3. The second-order valence-electron chi connectivity index (χ2n) is 6.06. The van der Waals surface area contributed by atoms with Gasteiger partial charge >= 0.3 is 0 Å². The van der Waals surface area contributed by atoms with Crippen LogP contribution in [0.25, 0.3) is 0 Å². The van der Waals surface area contributed by atoms with E-state index in [0.29, 0.717) is 24.8 Å². The molecule has 0 radical (unpaired) electrons. The molecule has 0 aromatic heterocycles. The lowest BCUT2D eigenvalue weighted by Gasteiger charge is -2.37. The number of hydrogen-bond acceptors (Lipinski definition) is 3. The number of aliphatic hydroxyl groups is 1. The van der Waals surface area contributed by atoms with E-state index < -0.39 is 0 Å². The summed E-state index contributed by atoms with van der Waals surface area (Å²) in [5, 5.41) is 9.72. The van der Waals surface area contributed by atoms with Crippen LogP contribution in [0, 0.1) is 11.8 Å². The zero-order valence-electron chi connectivity index (χ0n) is 11.9. The summed E-state index contributed by atoms with van der Waals surface area (Å²) >= 11 is 0. The first-order valence-corrected chi connectivity index (χ1v) is 7.13. The summed E-state index contributed by atoms with van der Waals surface area (Å²) in [6.45, 7) is 7.52. The van der Waals surface area contributed by atoms with Crippen LogP contribution in [0.1, 0.15) is 46.5 Å². The fourth-order valence-corrected chi connectivity index (χ4v) is 2.65. The van der Waals surface area contributed by atoms with Crippen LogP contribution in [-0.4, -0.2) is 41.1 Å². The van der Waals surface area contributed by atoms with E-state index in [1.54, 1.807) is 0 Å². The van der Waals surface area contributed by atoms with Gasteiger partial charge in [-0.2, -0.15) is 0 Å². The zero-order chi connectivity index (χ0) is 13.7. The molecule has 4 heteroatoms. The molecule has 3 unspecified atom stereocenters. The normalized spacial score (nSPS) is 26.4. The van der Waals surface area contributed by atoms with E-state index >= 15 is 0 Å². The number of nitrogens with zero attached hydrogens (tertiary/aromatic N) is 1. The van der Waals surface area contributed by atoms with Crippen LogP contribution in [0.5, 0.6) is 0 Å². The summed E-state index contributed by atoms with van der Waals surface area (Å²) in [7, 11) is 0. The molecule has 3 atom stereocenters. The lowest BCUT2D eigenvalue weighted by molar-refractivity contribution is -0.134. The smallest absolute Gasteiger partial charge is 0.222 e. The predicted octanol–water partition coefficient (Wildman–Crippen LogP) is 1.37. The average molecular weight is 256 g/mol. The van der Waals surface area contributed by atoms with Crippen LogP contribution in [0.2, 0.25) is 0 Å². The predicted molar refractivity (Wildman–Crippen MR) is 73.0 cm³/mol. The highest BCUT2D eigenvalue weighted by Crippen LogP contribution is 2.22. The first-order chi connectivity index (χ1) is 8.42. The Morgan fingerprint density at radius 3 is 2.67 bits per heavy atom. The molecule has 18 heavy (non-hydrogen) atoms. The van der Waals surface area contributed by atoms with Crippen molar-refractivity contribution in [1.29, 1.82) is 0 Å². The second-order valence-corrected chi connectivity index (χ2v) is 6.06. The molecule has 0 spiro atoms. The molecule has 1 aliphatic heterocycles. The minimum Gasteiger partial charge on any atom is -0.393 e. The monoisotopic (exact) mass is 256 g/mol. The van der Waals surface area contributed by atoms with E-state index in [1.807, 2.05) is 11.8 Å². The lowest BCUT2D eigenvalue weighted by Crippen LogP contribution is -2.50. The molecule has 1 rings (SSSR count). The summed E-state index contributed by atoms with van der Waals surface area (Å²) in [6.07, 6.45) is 2.78. The highest BCUT2D eigenvalue weighted by Gasteiger charge is 2.29. The number of amides is 1. The molecule has 1 fully saturated rings. The van der Waals surface area contributed by atoms with Gasteiger partial charge < -0.3 is 15.7 Å². The van der Waals surface area contributed by atoms with Gasteiger partial charge in [-0.05, 0) is 31.1 Å². The maximum atomic E-state index is 12.1. The van der Waals surface area contributed by atoms with Crippen molar-refractivity contribution in [2.24, 2.45) is 17.6 Å². The topological polar surface area (TPSA) is 66.6 Å². The third kappa shape index (κ3) is 4.94. The van der Waals surface area contributed by atoms with Gasteiger partial charge in [-0.25, -0.2) is 0 Å².